The van der Waals surface area contributed by atoms with Crippen molar-refractivity contribution in [1.29, 1.82) is 0 Å². The monoisotopic (exact) mass is 355 g/mol. The summed E-state index contributed by atoms with van der Waals surface area (Å²) in [6.45, 7) is 0.534. The van der Waals surface area contributed by atoms with Crippen molar-refractivity contribution in [2.24, 2.45) is 0 Å². The lowest BCUT2D eigenvalue weighted by atomic mass is 9.97. The van der Waals surface area contributed by atoms with Gasteiger partial charge in [0.1, 0.15) is 5.82 Å². The van der Waals surface area contributed by atoms with Crippen molar-refractivity contribution in [2.75, 3.05) is 0 Å². The van der Waals surface area contributed by atoms with E-state index in [1.165, 1.54) is 29.2 Å². The van der Waals surface area contributed by atoms with E-state index in [0.29, 0.717) is 24.7 Å². The van der Waals surface area contributed by atoms with E-state index < -0.39 is 5.97 Å². The molecule has 4 rings (SSSR count). The van der Waals surface area contributed by atoms with Crippen LogP contribution in [0.1, 0.15) is 42.1 Å². The van der Waals surface area contributed by atoms with E-state index in [4.69, 9.17) is 16.7 Å². The summed E-state index contributed by atoms with van der Waals surface area (Å²) >= 11 is 6.19. The minimum atomic E-state index is -0.857. The average molecular weight is 356 g/mol. The maximum absolute atomic E-state index is 10.8. The molecular formula is C19H18ClN3O2. The largest absolute Gasteiger partial charge is 0.481 e. The molecule has 25 heavy (non-hydrogen) atoms. The number of carboxylic acids is 1. The molecule has 0 saturated heterocycles. The molecule has 1 fully saturated rings. The molecule has 1 heterocycles. The van der Waals surface area contributed by atoms with Gasteiger partial charge in [-0.3, -0.25) is 9.36 Å². The molecule has 6 heteroatoms. The van der Waals surface area contributed by atoms with Gasteiger partial charge in [0.2, 0.25) is 5.28 Å². The van der Waals surface area contributed by atoms with Gasteiger partial charge in [0, 0.05) is 6.42 Å². The highest BCUT2D eigenvalue weighted by atomic mass is 35.5. The van der Waals surface area contributed by atoms with Crippen LogP contribution in [0.15, 0.2) is 36.4 Å². The van der Waals surface area contributed by atoms with Gasteiger partial charge in [0.25, 0.3) is 0 Å². The van der Waals surface area contributed by atoms with Gasteiger partial charge in [-0.15, -0.1) is 10.2 Å². The highest BCUT2D eigenvalue weighted by Crippen LogP contribution is 2.43. The molecule has 0 bridgehead atoms. The fourth-order valence-electron chi connectivity index (χ4n) is 3.32. The first kappa shape index (κ1) is 16.1. The molecule has 0 atom stereocenters. The molecule has 1 aromatic heterocycles. The number of carbonyl (C=O) groups is 1. The van der Waals surface area contributed by atoms with Gasteiger partial charge in [0.05, 0.1) is 13.0 Å². The van der Waals surface area contributed by atoms with Crippen LogP contribution >= 0.6 is 11.6 Å². The molecule has 1 saturated carbocycles. The summed E-state index contributed by atoms with van der Waals surface area (Å²) in [5, 5.41) is 19.6. The third-order valence-electron chi connectivity index (χ3n) is 4.74. The molecular weight excluding hydrogens is 338 g/mol. The van der Waals surface area contributed by atoms with Gasteiger partial charge in [0.15, 0.2) is 0 Å². The van der Waals surface area contributed by atoms with Crippen molar-refractivity contribution in [3.63, 3.8) is 0 Å². The summed E-state index contributed by atoms with van der Waals surface area (Å²) < 4.78 is 1.79. The first-order valence-corrected chi connectivity index (χ1v) is 8.81. The van der Waals surface area contributed by atoms with E-state index in [0.717, 1.165) is 5.56 Å². The third kappa shape index (κ3) is 3.24. The first-order chi connectivity index (χ1) is 12.1. The minimum Gasteiger partial charge on any atom is -0.481 e. The van der Waals surface area contributed by atoms with Crippen molar-refractivity contribution >= 4 is 28.3 Å². The molecule has 0 unspecified atom stereocenters. The number of aliphatic carboxylic acids is 1. The van der Waals surface area contributed by atoms with E-state index in [1.807, 2.05) is 6.07 Å². The first-order valence-electron chi connectivity index (χ1n) is 8.43. The third-order valence-corrected chi connectivity index (χ3v) is 5.02. The number of fused-ring (bicyclic) bond motifs is 1. The molecule has 128 valence electrons. The summed E-state index contributed by atoms with van der Waals surface area (Å²) in [6, 6.07) is 12.8. The van der Waals surface area contributed by atoms with Gasteiger partial charge < -0.3 is 5.11 Å². The van der Waals surface area contributed by atoms with E-state index in [9.17, 15) is 4.79 Å². The lowest BCUT2D eigenvalue weighted by molar-refractivity contribution is -0.137. The van der Waals surface area contributed by atoms with Crippen molar-refractivity contribution in [1.82, 2.24) is 14.8 Å². The molecule has 1 N–H and O–H groups in total. The number of benzene rings is 2. The van der Waals surface area contributed by atoms with Crippen LogP contribution in [0.5, 0.6) is 0 Å². The molecule has 1 aliphatic carbocycles. The molecule has 0 aliphatic heterocycles. The van der Waals surface area contributed by atoms with Crippen LogP contribution in [0, 0.1) is 0 Å². The molecule has 5 nitrogen and oxygen atoms in total. The quantitative estimate of drug-likeness (QED) is 0.725. The predicted octanol–water partition coefficient (Wildman–Crippen LogP) is 4.03. The number of carboxylic acid groups (broad SMARTS) is 1. The Kier molecular flexibility index (Phi) is 4.17. The van der Waals surface area contributed by atoms with E-state index in [2.05, 4.69) is 40.5 Å². The molecule has 2 aromatic carbocycles. The summed E-state index contributed by atoms with van der Waals surface area (Å²) in [7, 11) is 0. The van der Waals surface area contributed by atoms with Crippen LogP contribution in [-0.2, 0) is 17.8 Å². The summed E-state index contributed by atoms with van der Waals surface area (Å²) in [6.07, 6.45) is 2.85. The molecule has 0 spiro atoms. The van der Waals surface area contributed by atoms with Gasteiger partial charge >= 0.3 is 5.97 Å². The zero-order valence-electron chi connectivity index (χ0n) is 13.7. The Labute approximate surface area is 150 Å². The molecule has 1 aliphatic rings. The fourth-order valence-corrected chi connectivity index (χ4v) is 3.51. The molecule has 3 aromatic rings. The number of hydrogen-bond donors (Lipinski definition) is 1. The number of aromatic nitrogens is 3. The Morgan fingerprint density at radius 2 is 1.92 bits per heavy atom. The highest BCUT2D eigenvalue weighted by molar-refractivity contribution is 6.28. The zero-order chi connectivity index (χ0) is 17.4. The topological polar surface area (TPSA) is 68.0 Å². The smallest absolute Gasteiger partial charge is 0.303 e. The second kappa shape index (κ2) is 6.48. The van der Waals surface area contributed by atoms with Crippen LogP contribution in [0.25, 0.3) is 10.8 Å². The van der Waals surface area contributed by atoms with Crippen LogP contribution in [0.4, 0.5) is 0 Å². The van der Waals surface area contributed by atoms with Gasteiger partial charge in [-0.25, -0.2) is 0 Å². The van der Waals surface area contributed by atoms with Gasteiger partial charge in [-0.1, -0.05) is 36.4 Å². The predicted molar refractivity (Wildman–Crippen MR) is 96.0 cm³/mol. The fraction of sp³-hybridized carbons (Fsp3) is 0.316. The summed E-state index contributed by atoms with van der Waals surface area (Å²) in [5.74, 6) is 0.427. The Hall–Kier alpha value is -2.40. The Morgan fingerprint density at radius 1 is 1.16 bits per heavy atom. The highest BCUT2D eigenvalue weighted by Gasteiger charge is 2.25. The lowest BCUT2D eigenvalue weighted by Gasteiger charge is -2.13. The van der Waals surface area contributed by atoms with Crippen LogP contribution in [-0.4, -0.2) is 25.8 Å². The summed E-state index contributed by atoms with van der Waals surface area (Å²) in [4.78, 5) is 10.8. The van der Waals surface area contributed by atoms with E-state index in [-0.39, 0.29) is 11.7 Å². The minimum absolute atomic E-state index is 0.0103. The molecule has 0 radical (unpaired) electrons. The number of hydrogen-bond acceptors (Lipinski definition) is 3. The second-order valence-electron chi connectivity index (χ2n) is 6.50. The Balaban J connectivity index is 1.71. The maximum Gasteiger partial charge on any atom is 0.303 e. The number of nitrogens with zero attached hydrogens (tertiary/aromatic N) is 3. The van der Waals surface area contributed by atoms with Gasteiger partial charge in [-0.05, 0) is 52.3 Å². The van der Waals surface area contributed by atoms with Crippen molar-refractivity contribution in [3.05, 3.63) is 58.6 Å². The van der Waals surface area contributed by atoms with E-state index >= 15 is 0 Å². The molecule has 0 amide bonds. The van der Waals surface area contributed by atoms with Crippen molar-refractivity contribution in [2.45, 2.75) is 38.1 Å². The van der Waals surface area contributed by atoms with Crippen LogP contribution < -0.4 is 0 Å². The summed E-state index contributed by atoms with van der Waals surface area (Å²) in [5.41, 5.74) is 2.55. The van der Waals surface area contributed by atoms with Crippen molar-refractivity contribution in [3.8, 4) is 0 Å². The maximum atomic E-state index is 10.8. The van der Waals surface area contributed by atoms with Gasteiger partial charge in [-0.2, -0.15) is 0 Å². The number of aryl methyl sites for hydroxylation is 1. The normalized spacial score (nSPS) is 14.1. The Morgan fingerprint density at radius 3 is 2.64 bits per heavy atom. The second-order valence-corrected chi connectivity index (χ2v) is 6.84. The average Bonchev–Trinajstić information content (AvgIpc) is 3.39. The standard InChI is InChI=1S/C19H18ClN3O2/c20-19-22-21-17(9-10-18(24)25)23(19)11-13-7-8-15(12-5-6-12)16-4-2-1-3-14(13)16/h1-4,7-8,12H,5-6,9-11H2,(H,24,25). The van der Waals surface area contributed by atoms with Crippen LogP contribution in [0.2, 0.25) is 5.28 Å². The lowest BCUT2D eigenvalue weighted by Crippen LogP contribution is -2.08. The Bertz CT molecular complexity index is 947. The SMILES string of the molecule is O=C(O)CCc1nnc(Cl)n1Cc1ccc(C2CC2)c2ccccc12. The van der Waals surface area contributed by atoms with Crippen LogP contribution in [0.3, 0.4) is 0 Å². The zero-order valence-corrected chi connectivity index (χ0v) is 14.4. The number of rotatable bonds is 6. The number of halogens is 1. The van der Waals surface area contributed by atoms with E-state index in [1.54, 1.807) is 4.57 Å². The van der Waals surface area contributed by atoms with Crippen molar-refractivity contribution < 1.29 is 9.90 Å².